The minimum absolute atomic E-state index is 0.0772. The van der Waals surface area contributed by atoms with Gasteiger partial charge in [-0.15, -0.1) is 0 Å². The maximum atomic E-state index is 13.8. The molecule has 1 aromatic rings. The van der Waals surface area contributed by atoms with Crippen molar-refractivity contribution in [3.05, 3.63) is 28.5 Å². The van der Waals surface area contributed by atoms with Crippen LogP contribution in [0.4, 0.5) is 4.39 Å². The summed E-state index contributed by atoms with van der Waals surface area (Å²) in [5.41, 5.74) is 0.0772. The molecule has 118 valence electrons. The van der Waals surface area contributed by atoms with Crippen molar-refractivity contribution in [1.82, 2.24) is 4.31 Å². The maximum absolute atomic E-state index is 13.8. The zero-order chi connectivity index (χ0) is 15.8. The second-order valence-electron chi connectivity index (χ2n) is 5.80. The summed E-state index contributed by atoms with van der Waals surface area (Å²) in [6.07, 6.45) is 0.975. The van der Waals surface area contributed by atoms with Crippen LogP contribution < -0.4 is 0 Å². The first kappa shape index (κ1) is 16.7. The predicted octanol–water partition coefficient (Wildman–Crippen LogP) is 2.64. The van der Waals surface area contributed by atoms with Gasteiger partial charge in [-0.05, 0) is 30.4 Å². The molecule has 1 N–H and O–H groups in total. The molecule has 1 saturated heterocycles. The Balaban J connectivity index is 2.42. The number of hydrogen-bond donors (Lipinski definition) is 1. The standard InChI is InChI=1S/C14H19ClFNO3S/c1-9-3-10(2)7-17(6-9)21(19,20)12-4-11(8-18)14(15)13(16)5-12/h4-5,9-10,18H,3,6-8H2,1-2H3. The SMILES string of the molecule is CC1CC(C)CN(S(=O)(=O)c2cc(F)c(Cl)c(CO)c2)C1. The van der Waals surface area contributed by atoms with E-state index in [1.165, 1.54) is 10.4 Å². The van der Waals surface area contributed by atoms with Gasteiger partial charge in [-0.25, -0.2) is 12.8 Å². The lowest BCUT2D eigenvalue weighted by Gasteiger charge is -2.34. The lowest BCUT2D eigenvalue weighted by Crippen LogP contribution is -2.42. The summed E-state index contributed by atoms with van der Waals surface area (Å²) in [4.78, 5) is -0.158. The number of nitrogens with zero attached hydrogens (tertiary/aromatic N) is 1. The van der Waals surface area contributed by atoms with E-state index >= 15 is 0 Å². The fourth-order valence-corrected chi connectivity index (χ4v) is 4.75. The van der Waals surface area contributed by atoms with E-state index in [-0.39, 0.29) is 27.3 Å². The number of aliphatic hydroxyl groups is 1. The quantitative estimate of drug-likeness (QED) is 0.923. The highest BCUT2D eigenvalue weighted by Crippen LogP contribution is 2.30. The second kappa shape index (κ2) is 6.20. The lowest BCUT2D eigenvalue weighted by molar-refractivity contribution is 0.222. The van der Waals surface area contributed by atoms with Crippen LogP contribution in [0.15, 0.2) is 17.0 Å². The van der Waals surface area contributed by atoms with Gasteiger partial charge in [0, 0.05) is 18.7 Å². The molecule has 1 fully saturated rings. The fraction of sp³-hybridized carbons (Fsp3) is 0.571. The average molecular weight is 336 g/mol. The van der Waals surface area contributed by atoms with Crippen molar-refractivity contribution in [1.29, 1.82) is 0 Å². The molecule has 4 nitrogen and oxygen atoms in total. The smallest absolute Gasteiger partial charge is 0.243 e. The van der Waals surface area contributed by atoms with Crippen molar-refractivity contribution in [2.75, 3.05) is 13.1 Å². The molecular formula is C14H19ClFNO3S. The van der Waals surface area contributed by atoms with Crippen LogP contribution in [-0.4, -0.2) is 30.9 Å². The molecule has 0 radical (unpaired) electrons. The molecule has 0 spiro atoms. The Morgan fingerprint density at radius 2 is 1.90 bits per heavy atom. The molecule has 0 saturated carbocycles. The van der Waals surface area contributed by atoms with Gasteiger partial charge >= 0.3 is 0 Å². The number of halogens is 2. The van der Waals surface area contributed by atoms with E-state index in [1.807, 2.05) is 13.8 Å². The van der Waals surface area contributed by atoms with Crippen LogP contribution in [-0.2, 0) is 16.6 Å². The van der Waals surface area contributed by atoms with Crippen molar-refractivity contribution in [3.8, 4) is 0 Å². The number of aliphatic hydroxyl groups excluding tert-OH is 1. The topological polar surface area (TPSA) is 57.6 Å². The van der Waals surface area contributed by atoms with Gasteiger partial charge in [0.15, 0.2) is 0 Å². The minimum atomic E-state index is -3.78. The van der Waals surface area contributed by atoms with E-state index in [9.17, 15) is 12.8 Å². The number of hydrogen-bond acceptors (Lipinski definition) is 3. The van der Waals surface area contributed by atoms with Gasteiger partial charge < -0.3 is 5.11 Å². The molecule has 7 heteroatoms. The molecule has 2 unspecified atom stereocenters. The first-order valence-electron chi connectivity index (χ1n) is 6.84. The molecule has 21 heavy (non-hydrogen) atoms. The van der Waals surface area contributed by atoms with Crippen LogP contribution in [0.25, 0.3) is 0 Å². The Morgan fingerprint density at radius 1 is 1.33 bits per heavy atom. The van der Waals surface area contributed by atoms with E-state index in [1.54, 1.807) is 0 Å². The summed E-state index contributed by atoms with van der Waals surface area (Å²) >= 11 is 5.70. The summed E-state index contributed by atoms with van der Waals surface area (Å²) in [5, 5.41) is 8.93. The molecule has 0 aliphatic carbocycles. The highest BCUT2D eigenvalue weighted by molar-refractivity contribution is 7.89. The first-order chi connectivity index (χ1) is 9.75. The fourth-order valence-electron chi connectivity index (χ4n) is 2.83. The third-order valence-electron chi connectivity index (χ3n) is 3.72. The van der Waals surface area contributed by atoms with Crippen molar-refractivity contribution in [3.63, 3.8) is 0 Å². The van der Waals surface area contributed by atoms with Crippen LogP contribution >= 0.6 is 11.6 Å². The maximum Gasteiger partial charge on any atom is 0.243 e. The zero-order valence-corrected chi connectivity index (χ0v) is 13.6. The first-order valence-corrected chi connectivity index (χ1v) is 8.66. The number of benzene rings is 1. The molecule has 0 amide bonds. The summed E-state index contributed by atoms with van der Waals surface area (Å²) < 4.78 is 40.4. The summed E-state index contributed by atoms with van der Waals surface area (Å²) in [6.45, 7) is 4.34. The molecular weight excluding hydrogens is 317 g/mol. The summed E-state index contributed by atoms with van der Waals surface area (Å²) in [5.74, 6) is -0.309. The van der Waals surface area contributed by atoms with Gasteiger partial charge in [-0.1, -0.05) is 25.4 Å². The van der Waals surface area contributed by atoms with E-state index in [4.69, 9.17) is 16.7 Å². The zero-order valence-electron chi connectivity index (χ0n) is 12.0. The molecule has 1 aliphatic rings. The van der Waals surface area contributed by atoms with E-state index in [0.717, 1.165) is 12.5 Å². The van der Waals surface area contributed by atoms with Crippen molar-refractivity contribution < 1.29 is 17.9 Å². The third-order valence-corrected chi connectivity index (χ3v) is 5.95. The van der Waals surface area contributed by atoms with Gasteiger partial charge in [-0.3, -0.25) is 0 Å². The normalized spacial score (nSPS) is 24.2. The summed E-state index contributed by atoms with van der Waals surface area (Å²) in [7, 11) is -3.78. The summed E-state index contributed by atoms with van der Waals surface area (Å²) in [6, 6.07) is 2.16. The average Bonchev–Trinajstić information content (AvgIpc) is 2.40. The predicted molar refractivity (Wildman–Crippen MR) is 79.0 cm³/mol. The van der Waals surface area contributed by atoms with Crippen LogP contribution in [0.5, 0.6) is 0 Å². The van der Waals surface area contributed by atoms with Gasteiger partial charge in [0.05, 0.1) is 16.5 Å². The molecule has 0 bridgehead atoms. The van der Waals surface area contributed by atoms with Crippen LogP contribution in [0.3, 0.4) is 0 Å². The van der Waals surface area contributed by atoms with E-state index < -0.39 is 22.4 Å². The van der Waals surface area contributed by atoms with E-state index in [0.29, 0.717) is 13.1 Å². The Morgan fingerprint density at radius 3 is 2.43 bits per heavy atom. The number of sulfonamides is 1. The molecule has 1 aromatic carbocycles. The third kappa shape index (κ3) is 3.39. The Hall–Kier alpha value is -0.690. The molecule has 2 atom stereocenters. The highest BCUT2D eigenvalue weighted by atomic mass is 35.5. The van der Waals surface area contributed by atoms with Crippen molar-refractivity contribution in [2.24, 2.45) is 11.8 Å². The Labute approximate surface area is 129 Å². The van der Waals surface area contributed by atoms with Crippen LogP contribution in [0.2, 0.25) is 5.02 Å². The second-order valence-corrected chi connectivity index (χ2v) is 8.12. The van der Waals surface area contributed by atoms with Gasteiger partial charge in [0.25, 0.3) is 0 Å². The van der Waals surface area contributed by atoms with Gasteiger partial charge in [-0.2, -0.15) is 4.31 Å². The molecule has 1 heterocycles. The molecule has 1 aliphatic heterocycles. The Bertz CT molecular complexity index is 625. The highest BCUT2D eigenvalue weighted by Gasteiger charge is 2.32. The van der Waals surface area contributed by atoms with E-state index in [2.05, 4.69) is 0 Å². The lowest BCUT2D eigenvalue weighted by atomic mass is 9.94. The van der Waals surface area contributed by atoms with Gasteiger partial charge in [0.2, 0.25) is 10.0 Å². The van der Waals surface area contributed by atoms with Crippen LogP contribution in [0.1, 0.15) is 25.8 Å². The minimum Gasteiger partial charge on any atom is -0.392 e. The molecule has 0 aromatic heterocycles. The monoisotopic (exact) mass is 335 g/mol. The largest absolute Gasteiger partial charge is 0.392 e. The van der Waals surface area contributed by atoms with Gasteiger partial charge in [0.1, 0.15) is 5.82 Å². The molecule has 2 rings (SSSR count). The van der Waals surface area contributed by atoms with Crippen molar-refractivity contribution >= 4 is 21.6 Å². The number of rotatable bonds is 3. The van der Waals surface area contributed by atoms with Crippen molar-refractivity contribution in [2.45, 2.75) is 31.8 Å². The van der Waals surface area contributed by atoms with Crippen LogP contribution in [0, 0.1) is 17.7 Å². The Kier molecular flexibility index (Phi) is 4.92. The number of piperidine rings is 1.